The first-order valence-corrected chi connectivity index (χ1v) is 5.33. The Labute approximate surface area is 91.8 Å². The highest BCUT2D eigenvalue weighted by molar-refractivity contribution is 5.33. The number of benzene rings is 1. The zero-order valence-corrected chi connectivity index (χ0v) is 9.73. The van der Waals surface area contributed by atoms with E-state index in [1.54, 1.807) is 5.01 Å². The molecule has 3 heteroatoms. The summed E-state index contributed by atoms with van der Waals surface area (Å²) in [5.74, 6) is 6.67. The van der Waals surface area contributed by atoms with Crippen LogP contribution in [0, 0.1) is 0 Å². The van der Waals surface area contributed by atoms with Gasteiger partial charge in [-0.1, -0.05) is 18.2 Å². The number of rotatable bonds is 5. The maximum atomic E-state index is 5.70. The molecule has 3 nitrogen and oxygen atoms in total. The molecule has 1 aromatic carbocycles. The van der Waals surface area contributed by atoms with E-state index in [2.05, 4.69) is 13.0 Å². The summed E-state index contributed by atoms with van der Waals surface area (Å²) in [7, 11) is 1.88. The lowest BCUT2D eigenvalue weighted by atomic mass is 10.1. The molecule has 0 aliphatic rings. The molecule has 1 aromatic rings. The van der Waals surface area contributed by atoms with Gasteiger partial charge in [-0.3, -0.25) is 5.84 Å². The minimum Gasteiger partial charge on any atom is -0.494 e. The second-order valence-corrected chi connectivity index (χ2v) is 3.76. The molecule has 0 aliphatic heterocycles. The lowest BCUT2D eigenvalue weighted by Gasteiger charge is -2.20. The molecule has 1 rings (SSSR count). The van der Waals surface area contributed by atoms with Crippen LogP contribution in [0.2, 0.25) is 0 Å². The summed E-state index contributed by atoms with van der Waals surface area (Å²) in [5.41, 5.74) is 1.21. The highest BCUT2D eigenvalue weighted by Gasteiger charge is 2.09. The van der Waals surface area contributed by atoms with E-state index >= 15 is 0 Å². The van der Waals surface area contributed by atoms with Crippen molar-refractivity contribution in [1.82, 2.24) is 5.01 Å². The summed E-state index contributed by atoms with van der Waals surface area (Å²) in [4.78, 5) is 0. The van der Waals surface area contributed by atoms with Gasteiger partial charge in [0.05, 0.1) is 6.61 Å². The Balaban J connectivity index is 2.74. The number of hydrogen-bond donors (Lipinski definition) is 1. The van der Waals surface area contributed by atoms with Gasteiger partial charge in [-0.05, 0) is 31.9 Å². The summed E-state index contributed by atoms with van der Waals surface area (Å²) < 4.78 is 5.56. The quantitative estimate of drug-likeness (QED) is 0.592. The summed E-state index contributed by atoms with van der Waals surface area (Å²) in [6.07, 6.45) is 0.906. The van der Waals surface area contributed by atoms with Crippen molar-refractivity contribution >= 4 is 0 Å². The fourth-order valence-electron chi connectivity index (χ4n) is 1.43. The molecule has 0 amide bonds. The molecule has 1 atom stereocenters. The maximum absolute atomic E-state index is 5.70. The average molecular weight is 208 g/mol. The Bertz CT molecular complexity index is 299. The highest BCUT2D eigenvalue weighted by Crippen LogP contribution is 2.20. The van der Waals surface area contributed by atoms with Gasteiger partial charge in [0.25, 0.3) is 0 Å². The van der Waals surface area contributed by atoms with Crippen LogP contribution in [0.5, 0.6) is 5.75 Å². The van der Waals surface area contributed by atoms with Crippen molar-refractivity contribution in [3.05, 3.63) is 29.8 Å². The molecule has 15 heavy (non-hydrogen) atoms. The van der Waals surface area contributed by atoms with Crippen molar-refractivity contribution in [3.8, 4) is 5.75 Å². The molecule has 2 N–H and O–H groups in total. The highest BCUT2D eigenvalue weighted by atomic mass is 16.5. The lowest BCUT2D eigenvalue weighted by molar-refractivity contribution is 0.260. The van der Waals surface area contributed by atoms with Crippen LogP contribution >= 0.6 is 0 Å². The first-order chi connectivity index (χ1) is 7.15. The van der Waals surface area contributed by atoms with E-state index in [0.717, 1.165) is 12.2 Å². The Morgan fingerprint density at radius 2 is 2.07 bits per heavy atom. The van der Waals surface area contributed by atoms with E-state index in [9.17, 15) is 0 Å². The number of nitrogens with two attached hydrogens (primary N) is 1. The molecule has 1 unspecified atom stereocenters. The molecule has 0 heterocycles. The molecule has 0 radical (unpaired) electrons. The Morgan fingerprint density at radius 1 is 1.40 bits per heavy atom. The number of ether oxygens (including phenoxy) is 1. The van der Waals surface area contributed by atoms with Crippen LogP contribution in [-0.2, 0) is 6.42 Å². The average Bonchev–Trinajstić information content (AvgIpc) is 2.21. The molecular weight excluding hydrogens is 188 g/mol. The molecule has 0 saturated carbocycles. The first-order valence-electron chi connectivity index (χ1n) is 5.33. The number of para-hydroxylation sites is 1. The summed E-state index contributed by atoms with van der Waals surface area (Å²) in [5, 5.41) is 1.72. The van der Waals surface area contributed by atoms with Crippen LogP contribution < -0.4 is 10.6 Å². The summed E-state index contributed by atoms with van der Waals surface area (Å²) >= 11 is 0. The zero-order chi connectivity index (χ0) is 11.3. The fourth-order valence-corrected chi connectivity index (χ4v) is 1.43. The van der Waals surface area contributed by atoms with Crippen LogP contribution in [0.4, 0.5) is 0 Å². The molecule has 0 bridgehead atoms. The van der Waals surface area contributed by atoms with Crippen molar-refractivity contribution in [1.29, 1.82) is 0 Å². The monoisotopic (exact) mass is 208 g/mol. The van der Waals surface area contributed by atoms with Crippen LogP contribution in [0.1, 0.15) is 19.4 Å². The maximum Gasteiger partial charge on any atom is 0.122 e. The molecule has 0 saturated heterocycles. The second kappa shape index (κ2) is 5.73. The van der Waals surface area contributed by atoms with E-state index < -0.39 is 0 Å². The van der Waals surface area contributed by atoms with Crippen molar-refractivity contribution in [2.24, 2.45) is 5.84 Å². The minimum atomic E-state index is 0.312. The molecular formula is C12H20N2O. The molecule has 84 valence electrons. The number of likely N-dealkylation sites (N-methyl/N-ethyl adjacent to an activating group) is 1. The van der Waals surface area contributed by atoms with Gasteiger partial charge in [0.2, 0.25) is 0 Å². The number of hydrogen-bond acceptors (Lipinski definition) is 3. The predicted octanol–water partition coefficient (Wildman–Crippen LogP) is 1.82. The van der Waals surface area contributed by atoms with Gasteiger partial charge in [0.15, 0.2) is 0 Å². The SMILES string of the molecule is CCOc1ccccc1CC(C)N(C)N. The third-order valence-electron chi connectivity index (χ3n) is 2.48. The Kier molecular flexibility index (Phi) is 4.59. The Hall–Kier alpha value is -1.06. The fraction of sp³-hybridized carbons (Fsp3) is 0.500. The summed E-state index contributed by atoms with van der Waals surface area (Å²) in [6, 6.07) is 8.42. The van der Waals surface area contributed by atoms with Crippen molar-refractivity contribution in [2.75, 3.05) is 13.7 Å². The largest absolute Gasteiger partial charge is 0.494 e. The van der Waals surface area contributed by atoms with E-state index in [1.807, 2.05) is 32.2 Å². The Morgan fingerprint density at radius 3 is 2.67 bits per heavy atom. The van der Waals surface area contributed by atoms with Gasteiger partial charge in [0, 0.05) is 13.1 Å². The van der Waals surface area contributed by atoms with Crippen LogP contribution in [0.3, 0.4) is 0 Å². The van der Waals surface area contributed by atoms with Gasteiger partial charge < -0.3 is 4.74 Å². The molecule has 0 spiro atoms. The summed E-state index contributed by atoms with van der Waals surface area (Å²) in [6.45, 7) is 4.79. The van der Waals surface area contributed by atoms with Gasteiger partial charge in [-0.2, -0.15) is 0 Å². The topological polar surface area (TPSA) is 38.5 Å². The minimum absolute atomic E-state index is 0.312. The molecule has 0 aliphatic carbocycles. The van der Waals surface area contributed by atoms with E-state index in [4.69, 9.17) is 10.6 Å². The van der Waals surface area contributed by atoms with Gasteiger partial charge in [-0.25, -0.2) is 5.01 Å². The van der Waals surface area contributed by atoms with Crippen LogP contribution in [0.15, 0.2) is 24.3 Å². The van der Waals surface area contributed by atoms with Gasteiger partial charge in [-0.15, -0.1) is 0 Å². The van der Waals surface area contributed by atoms with E-state index in [1.165, 1.54) is 5.56 Å². The molecule has 0 aromatic heterocycles. The van der Waals surface area contributed by atoms with Gasteiger partial charge in [0.1, 0.15) is 5.75 Å². The first kappa shape index (κ1) is 12.0. The number of nitrogens with zero attached hydrogens (tertiary/aromatic N) is 1. The van der Waals surface area contributed by atoms with Crippen molar-refractivity contribution < 1.29 is 4.74 Å². The van der Waals surface area contributed by atoms with Crippen LogP contribution in [-0.4, -0.2) is 24.7 Å². The predicted molar refractivity (Wildman–Crippen MR) is 62.7 cm³/mol. The van der Waals surface area contributed by atoms with Crippen molar-refractivity contribution in [2.45, 2.75) is 26.3 Å². The number of hydrazine groups is 1. The van der Waals surface area contributed by atoms with E-state index in [0.29, 0.717) is 12.6 Å². The standard InChI is InChI=1S/C12H20N2O/c1-4-15-12-8-6-5-7-11(12)9-10(2)14(3)13/h5-8,10H,4,9,13H2,1-3H3. The second-order valence-electron chi connectivity index (χ2n) is 3.76. The van der Waals surface area contributed by atoms with Gasteiger partial charge >= 0.3 is 0 Å². The normalized spacial score (nSPS) is 12.9. The third kappa shape index (κ3) is 3.53. The third-order valence-corrected chi connectivity index (χ3v) is 2.48. The van der Waals surface area contributed by atoms with Crippen molar-refractivity contribution in [3.63, 3.8) is 0 Å². The van der Waals surface area contributed by atoms with Crippen LogP contribution in [0.25, 0.3) is 0 Å². The van der Waals surface area contributed by atoms with E-state index in [-0.39, 0.29) is 0 Å². The zero-order valence-electron chi connectivity index (χ0n) is 9.73. The lowest BCUT2D eigenvalue weighted by Crippen LogP contribution is -2.36. The smallest absolute Gasteiger partial charge is 0.122 e. The molecule has 0 fully saturated rings.